The molecular weight excluding hydrogens is 761 g/mol. The van der Waals surface area contributed by atoms with Gasteiger partial charge in [0.2, 0.25) is 11.7 Å². The van der Waals surface area contributed by atoms with Crippen molar-refractivity contribution in [3.05, 3.63) is 68.8 Å². The normalized spacial score (nSPS) is 19.9. The number of aromatic amines is 2. The highest BCUT2D eigenvalue weighted by atomic mass is 16.5. The van der Waals surface area contributed by atoms with E-state index in [-0.39, 0.29) is 61.7 Å². The van der Waals surface area contributed by atoms with Gasteiger partial charge >= 0.3 is 11.9 Å². The van der Waals surface area contributed by atoms with Crippen LogP contribution >= 0.6 is 0 Å². The second kappa shape index (κ2) is 17.1. The number of carbonyl (C=O) groups excluding carboxylic acids is 6. The summed E-state index contributed by atoms with van der Waals surface area (Å²) in [5.41, 5.74) is 7.86. The maximum absolute atomic E-state index is 14.3. The minimum atomic E-state index is -1.40. The van der Waals surface area contributed by atoms with E-state index in [9.17, 15) is 38.7 Å². The molecule has 0 aromatic carbocycles. The van der Waals surface area contributed by atoms with Gasteiger partial charge in [0.05, 0.1) is 23.8 Å². The third-order valence-electron chi connectivity index (χ3n) is 12.1. The average Bonchev–Trinajstić information content (AvgIpc) is 3.94. The van der Waals surface area contributed by atoms with E-state index in [2.05, 4.69) is 34.4 Å². The number of Topliss-reactive ketones (excluding diaryl/α,β-unsaturated/α-hetero) is 3. The van der Waals surface area contributed by atoms with Crippen molar-refractivity contribution in [2.45, 2.75) is 109 Å². The number of aliphatic hydroxyl groups is 1. The fraction of sp³-hybridized carbons (Fsp3) is 0.465. The molecule has 0 radical (unpaired) electrons. The maximum atomic E-state index is 14.3. The summed E-state index contributed by atoms with van der Waals surface area (Å²) in [5, 5.41) is 23.2. The average molecular weight is 811 g/mol. The van der Waals surface area contributed by atoms with Crippen molar-refractivity contribution in [2.75, 3.05) is 20.3 Å². The number of carbonyl (C=O) groups is 7. The first-order valence-corrected chi connectivity index (χ1v) is 19.9. The lowest BCUT2D eigenvalue weighted by atomic mass is 9.84. The molecule has 2 amide bonds. The summed E-state index contributed by atoms with van der Waals surface area (Å²) in [6, 6.07) is 4.37. The predicted molar refractivity (Wildman–Crippen MR) is 215 cm³/mol. The first-order chi connectivity index (χ1) is 28.0. The summed E-state index contributed by atoms with van der Waals surface area (Å²) < 4.78 is 5.19. The number of ketones is 3. The van der Waals surface area contributed by atoms with Crippen molar-refractivity contribution in [3.63, 3.8) is 0 Å². The predicted octanol–water partition coefficient (Wildman–Crippen LogP) is 4.58. The van der Waals surface area contributed by atoms with Gasteiger partial charge in [0.1, 0.15) is 18.6 Å². The molecule has 16 heteroatoms. The SMILES string of the molecule is CC[C@H]1c2cc3[nH]c4c(c3C)C(=O)C(C(=O)OC)c4c3nc(cc4[nH]c(cc(n2)[C@@H]1C)c(C(C)=O)c4C)[C@@H](C)[C@@H]3CCC(=O)NCCC[C@H](NC(=O)C(=O)CO)C(=O)O. The van der Waals surface area contributed by atoms with Gasteiger partial charge in [-0.3, -0.25) is 38.7 Å². The van der Waals surface area contributed by atoms with Crippen LogP contribution in [0.4, 0.5) is 0 Å². The van der Waals surface area contributed by atoms with Crippen LogP contribution in [-0.2, 0) is 28.7 Å². The van der Waals surface area contributed by atoms with E-state index in [4.69, 9.17) is 19.8 Å². The number of hydrogen-bond donors (Lipinski definition) is 6. The summed E-state index contributed by atoms with van der Waals surface area (Å²) in [6.07, 6.45) is 1.14. The monoisotopic (exact) mass is 810 g/mol. The summed E-state index contributed by atoms with van der Waals surface area (Å²) >= 11 is 0. The number of ether oxygens (including phenoxy) is 1. The fourth-order valence-electron chi connectivity index (χ4n) is 8.81. The quantitative estimate of drug-likeness (QED) is 0.0431. The summed E-state index contributed by atoms with van der Waals surface area (Å²) in [4.78, 5) is 106. The van der Waals surface area contributed by atoms with Gasteiger partial charge in [-0.25, -0.2) is 4.79 Å². The zero-order valence-corrected chi connectivity index (χ0v) is 34.2. The van der Waals surface area contributed by atoms with E-state index < -0.39 is 53.9 Å². The maximum Gasteiger partial charge on any atom is 0.326 e. The second-order valence-corrected chi connectivity index (χ2v) is 15.6. The largest absolute Gasteiger partial charge is 0.480 e. The lowest BCUT2D eigenvalue weighted by Gasteiger charge is -2.19. The van der Waals surface area contributed by atoms with Crippen LogP contribution in [-0.4, -0.2) is 97.6 Å². The third-order valence-corrected chi connectivity index (χ3v) is 12.1. The molecule has 2 aliphatic heterocycles. The number of aliphatic hydroxyl groups excluding tert-OH is 1. The molecule has 0 spiro atoms. The highest BCUT2D eigenvalue weighted by Crippen LogP contribution is 2.48. The Morgan fingerprint density at radius 3 is 2.20 bits per heavy atom. The minimum Gasteiger partial charge on any atom is -0.480 e. The highest BCUT2D eigenvalue weighted by molar-refractivity contribution is 6.37. The van der Waals surface area contributed by atoms with Crippen LogP contribution in [0, 0.1) is 13.8 Å². The number of nitrogens with zero attached hydrogens (tertiary/aromatic N) is 2. The molecule has 6 rings (SSSR count). The van der Waals surface area contributed by atoms with Crippen molar-refractivity contribution < 1.29 is 48.5 Å². The molecule has 59 heavy (non-hydrogen) atoms. The number of aromatic nitrogens is 4. The van der Waals surface area contributed by atoms with Gasteiger partial charge in [0.15, 0.2) is 11.6 Å². The number of amides is 2. The topological polar surface area (TPSA) is 251 Å². The Balaban J connectivity index is 1.44. The minimum absolute atomic E-state index is 0.00923. The Morgan fingerprint density at radius 2 is 1.56 bits per heavy atom. The van der Waals surface area contributed by atoms with Gasteiger partial charge in [-0.15, -0.1) is 0 Å². The lowest BCUT2D eigenvalue weighted by molar-refractivity contribution is -0.145. The third kappa shape index (κ3) is 7.92. The van der Waals surface area contributed by atoms with E-state index in [1.54, 1.807) is 0 Å². The molecule has 3 aliphatic rings. The summed E-state index contributed by atoms with van der Waals surface area (Å²) in [7, 11) is 1.23. The summed E-state index contributed by atoms with van der Waals surface area (Å²) in [6.45, 7) is 10.4. The summed E-state index contributed by atoms with van der Waals surface area (Å²) in [5.74, 6) is -7.32. The van der Waals surface area contributed by atoms with Crippen molar-refractivity contribution in [1.82, 2.24) is 30.6 Å². The van der Waals surface area contributed by atoms with Crippen LogP contribution in [0.25, 0.3) is 22.1 Å². The van der Waals surface area contributed by atoms with Crippen molar-refractivity contribution in [1.29, 1.82) is 0 Å². The van der Waals surface area contributed by atoms with E-state index in [1.807, 2.05) is 39.0 Å². The van der Waals surface area contributed by atoms with Gasteiger partial charge in [-0.2, -0.15) is 0 Å². The number of methoxy groups -OCH3 is 1. The fourth-order valence-corrected chi connectivity index (χ4v) is 8.81. The number of aliphatic carboxylic acids is 1. The van der Waals surface area contributed by atoms with Gasteiger partial charge in [0, 0.05) is 81.4 Å². The number of esters is 1. The molecular formula is C43H50N6O10. The molecule has 1 aliphatic carbocycles. The molecule has 5 heterocycles. The number of nitrogens with one attached hydrogen (secondary N) is 4. The van der Waals surface area contributed by atoms with Crippen LogP contribution in [0.5, 0.6) is 0 Å². The van der Waals surface area contributed by atoms with Crippen LogP contribution in [0.3, 0.4) is 0 Å². The van der Waals surface area contributed by atoms with E-state index in [1.165, 1.54) is 14.0 Å². The van der Waals surface area contributed by atoms with Crippen LogP contribution in [0.1, 0.15) is 150 Å². The molecule has 1 unspecified atom stereocenters. The van der Waals surface area contributed by atoms with E-state index >= 15 is 0 Å². The van der Waals surface area contributed by atoms with Crippen molar-refractivity contribution in [3.8, 4) is 0 Å². The molecule has 0 fully saturated rings. The molecule has 16 nitrogen and oxygen atoms in total. The number of aryl methyl sites for hydroxylation is 2. The molecule has 3 aromatic heterocycles. The van der Waals surface area contributed by atoms with Crippen LogP contribution in [0.15, 0.2) is 18.2 Å². The van der Waals surface area contributed by atoms with Crippen molar-refractivity contribution >= 4 is 63.2 Å². The number of rotatable bonds is 14. The van der Waals surface area contributed by atoms with E-state index in [0.717, 1.165) is 23.4 Å². The molecule has 8 bridgehead atoms. The Bertz CT molecular complexity index is 2450. The molecule has 0 saturated heterocycles. The Morgan fingerprint density at radius 1 is 0.915 bits per heavy atom. The Hall–Kier alpha value is -6.03. The van der Waals surface area contributed by atoms with Gasteiger partial charge in [-0.1, -0.05) is 20.8 Å². The van der Waals surface area contributed by atoms with Crippen LogP contribution in [0.2, 0.25) is 0 Å². The molecule has 6 atom stereocenters. The Kier molecular flexibility index (Phi) is 12.3. The number of carboxylic acid groups (broad SMARTS) is 1. The van der Waals surface area contributed by atoms with Crippen LogP contribution < -0.4 is 10.6 Å². The molecule has 3 aromatic rings. The number of fused-ring (bicyclic) bond motifs is 8. The zero-order valence-electron chi connectivity index (χ0n) is 34.2. The van der Waals surface area contributed by atoms with Gasteiger partial charge in [0.25, 0.3) is 5.91 Å². The molecule has 0 saturated carbocycles. The lowest BCUT2D eigenvalue weighted by Crippen LogP contribution is -2.45. The molecule has 6 N–H and O–H groups in total. The van der Waals surface area contributed by atoms with Gasteiger partial charge < -0.3 is 35.6 Å². The number of H-pyrrole nitrogens is 2. The molecule has 312 valence electrons. The Labute approximate surface area is 340 Å². The highest BCUT2D eigenvalue weighted by Gasteiger charge is 2.45. The van der Waals surface area contributed by atoms with Crippen molar-refractivity contribution in [2.24, 2.45) is 0 Å². The first-order valence-electron chi connectivity index (χ1n) is 19.9. The standard InChI is InChI=1S/C43H50N6O10/c1-8-23-18(2)26-16-31-34(22(6)51)20(4)28(46-31)14-27-19(3)24(11-12-33(53)44-13-9-10-25(42(56)57)49-41(55)32(52)17-50)38(47-27)36-37(43(58)59-7)40(54)35-21(5)29(48-39(35)36)15-30(23)45-26/h14-16,18-19,23-25,37,46,48,50H,8-13,17H2,1-7H3,(H,44,53)(H,49,55)(H,56,57)/t18-,19+,23-,24+,25+,37?/m1/s1. The van der Waals surface area contributed by atoms with Gasteiger partial charge in [-0.05, 0) is 75.8 Å². The number of hydrogen-bond acceptors (Lipinski definition) is 11. The van der Waals surface area contributed by atoms with E-state index in [0.29, 0.717) is 55.7 Å². The first kappa shape index (κ1) is 42.6. The second-order valence-electron chi connectivity index (χ2n) is 15.6. The zero-order chi connectivity index (χ0) is 43.0. The smallest absolute Gasteiger partial charge is 0.326 e. The number of carboxylic acids is 1.